The van der Waals surface area contributed by atoms with Crippen LogP contribution in [-0.4, -0.2) is 33.0 Å². The van der Waals surface area contributed by atoms with Crippen LogP contribution in [0.5, 0.6) is 0 Å². The second-order valence-electron chi connectivity index (χ2n) is 5.48. The van der Waals surface area contributed by atoms with Crippen molar-refractivity contribution in [3.05, 3.63) is 47.0 Å². The molecule has 0 aliphatic heterocycles. The summed E-state index contributed by atoms with van der Waals surface area (Å²) in [6.45, 7) is 0.273. The van der Waals surface area contributed by atoms with Crippen molar-refractivity contribution >= 4 is 17.6 Å². The third kappa shape index (κ3) is 2.71. The number of aliphatic hydroxyl groups is 1. The zero-order valence-corrected chi connectivity index (χ0v) is 12.8. The van der Waals surface area contributed by atoms with Crippen LogP contribution in [0.1, 0.15) is 28.8 Å². The van der Waals surface area contributed by atoms with Gasteiger partial charge in [-0.1, -0.05) is 17.7 Å². The van der Waals surface area contributed by atoms with Gasteiger partial charge in [-0.05, 0) is 30.9 Å². The first kappa shape index (κ1) is 15.0. The van der Waals surface area contributed by atoms with Gasteiger partial charge in [0, 0.05) is 10.6 Å². The monoisotopic (exact) mass is 321 g/mol. The molecule has 1 heterocycles. The van der Waals surface area contributed by atoms with E-state index in [2.05, 4.69) is 14.8 Å². The van der Waals surface area contributed by atoms with Crippen LogP contribution in [0.3, 0.4) is 0 Å². The molecule has 1 aliphatic carbocycles. The molecule has 22 heavy (non-hydrogen) atoms. The van der Waals surface area contributed by atoms with Gasteiger partial charge in [-0.15, -0.1) is 0 Å². The van der Waals surface area contributed by atoms with E-state index in [0.717, 1.165) is 12.8 Å². The van der Waals surface area contributed by atoms with E-state index in [9.17, 15) is 9.90 Å². The summed E-state index contributed by atoms with van der Waals surface area (Å²) >= 11 is 6.31. The summed E-state index contributed by atoms with van der Waals surface area (Å²) in [7, 11) is 1.31. The lowest BCUT2D eigenvalue weighted by Gasteiger charge is -2.29. The fourth-order valence-corrected chi connectivity index (χ4v) is 3.01. The molecule has 1 aliphatic rings. The van der Waals surface area contributed by atoms with Crippen LogP contribution in [0.25, 0.3) is 0 Å². The zero-order valence-electron chi connectivity index (χ0n) is 12.1. The first-order chi connectivity index (χ1) is 10.5. The minimum absolute atomic E-state index is 0.123. The maximum Gasteiger partial charge on any atom is 0.337 e. The van der Waals surface area contributed by atoms with Crippen LogP contribution >= 0.6 is 11.6 Å². The molecule has 1 aromatic carbocycles. The Kier molecular flexibility index (Phi) is 3.88. The molecule has 0 amide bonds. The Morgan fingerprint density at radius 1 is 1.55 bits per heavy atom. The molecule has 1 unspecified atom stereocenters. The maximum absolute atomic E-state index is 11.6. The number of benzene rings is 1. The van der Waals surface area contributed by atoms with E-state index in [1.807, 2.05) is 0 Å². The molecule has 116 valence electrons. The van der Waals surface area contributed by atoms with Crippen molar-refractivity contribution < 1.29 is 14.6 Å². The number of ether oxygens (including phenoxy) is 1. The number of esters is 1. The molecule has 6 nitrogen and oxygen atoms in total. The van der Waals surface area contributed by atoms with Gasteiger partial charge < -0.3 is 9.84 Å². The van der Waals surface area contributed by atoms with Crippen molar-refractivity contribution in [2.45, 2.75) is 25.0 Å². The van der Waals surface area contributed by atoms with E-state index in [1.54, 1.807) is 23.1 Å². The van der Waals surface area contributed by atoms with Crippen molar-refractivity contribution in [1.82, 2.24) is 14.8 Å². The highest BCUT2D eigenvalue weighted by molar-refractivity contribution is 6.31. The van der Waals surface area contributed by atoms with Crippen LogP contribution < -0.4 is 0 Å². The Balaban J connectivity index is 1.96. The molecular formula is C15H16ClN3O3. The molecule has 0 radical (unpaired) electrons. The number of hydrogen-bond acceptors (Lipinski definition) is 5. The average Bonchev–Trinajstić information content (AvgIpc) is 3.26. The number of rotatable bonds is 5. The summed E-state index contributed by atoms with van der Waals surface area (Å²) in [4.78, 5) is 15.5. The summed E-state index contributed by atoms with van der Waals surface area (Å²) in [5, 5.41) is 15.6. The molecule has 1 saturated carbocycles. The normalized spacial score (nSPS) is 17.0. The van der Waals surface area contributed by atoms with Gasteiger partial charge in [-0.3, -0.25) is 0 Å². The summed E-state index contributed by atoms with van der Waals surface area (Å²) in [6, 6.07) is 4.82. The van der Waals surface area contributed by atoms with Gasteiger partial charge in [0.2, 0.25) is 0 Å². The molecule has 7 heteroatoms. The second-order valence-corrected chi connectivity index (χ2v) is 5.88. The Hall–Kier alpha value is -1.92. The zero-order chi connectivity index (χ0) is 15.7. The predicted molar refractivity (Wildman–Crippen MR) is 79.4 cm³/mol. The highest BCUT2D eigenvalue weighted by Crippen LogP contribution is 2.48. The van der Waals surface area contributed by atoms with Crippen LogP contribution in [0, 0.1) is 5.92 Å². The quantitative estimate of drug-likeness (QED) is 0.852. The average molecular weight is 322 g/mol. The fourth-order valence-electron chi connectivity index (χ4n) is 2.67. The molecule has 0 bridgehead atoms. The standard InChI is InChI=1S/C15H16ClN3O3/c1-22-14(20)10-2-5-12(13(16)6-10)15(21,11-3-4-11)7-19-9-17-8-18-19/h2,5-6,8-9,11,21H,3-4,7H2,1H3. The van der Waals surface area contributed by atoms with Gasteiger partial charge in [0.05, 0.1) is 19.2 Å². The van der Waals surface area contributed by atoms with Gasteiger partial charge in [0.25, 0.3) is 0 Å². The molecule has 0 spiro atoms. The Labute approximate surface area is 132 Å². The lowest BCUT2D eigenvalue weighted by Crippen LogP contribution is -2.34. The highest BCUT2D eigenvalue weighted by atomic mass is 35.5. The molecular weight excluding hydrogens is 306 g/mol. The minimum atomic E-state index is -1.13. The smallest absolute Gasteiger partial charge is 0.337 e. The van der Waals surface area contributed by atoms with Crippen LogP contribution in [-0.2, 0) is 16.9 Å². The number of nitrogens with zero attached hydrogens (tertiary/aromatic N) is 3. The summed E-state index contributed by atoms with van der Waals surface area (Å²) in [6.07, 6.45) is 4.85. The molecule has 1 N–H and O–H groups in total. The lowest BCUT2D eigenvalue weighted by atomic mass is 9.88. The molecule has 3 rings (SSSR count). The van der Waals surface area contributed by atoms with Gasteiger partial charge in [-0.2, -0.15) is 5.10 Å². The molecule has 2 aromatic rings. The fraction of sp³-hybridized carbons (Fsp3) is 0.400. The largest absolute Gasteiger partial charge is 0.465 e. The van der Waals surface area contributed by atoms with Gasteiger partial charge in [0.15, 0.2) is 0 Å². The summed E-state index contributed by atoms with van der Waals surface area (Å²) in [5.74, 6) is -0.335. The van der Waals surface area contributed by atoms with E-state index in [1.165, 1.54) is 19.5 Å². The van der Waals surface area contributed by atoms with E-state index in [0.29, 0.717) is 16.1 Å². The number of hydrogen-bond donors (Lipinski definition) is 1. The summed E-state index contributed by atoms with van der Waals surface area (Å²) < 4.78 is 6.27. The van der Waals surface area contributed by atoms with Crippen molar-refractivity contribution in [3.8, 4) is 0 Å². The van der Waals surface area contributed by atoms with E-state index >= 15 is 0 Å². The first-order valence-corrected chi connectivity index (χ1v) is 7.35. The predicted octanol–water partition coefficient (Wildman–Crippen LogP) is 2.02. The molecule has 1 aromatic heterocycles. The van der Waals surface area contributed by atoms with Gasteiger partial charge in [0.1, 0.15) is 18.3 Å². The number of aromatic nitrogens is 3. The van der Waals surface area contributed by atoms with E-state index in [4.69, 9.17) is 11.6 Å². The van der Waals surface area contributed by atoms with Crippen LogP contribution in [0.2, 0.25) is 5.02 Å². The second kappa shape index (κ2) is 5.70. The van der Waals surface area contributed by atoms with Crippen LogP contribution in [0.15, 0.2) is 30.9 Å². The number of halogens is 1. The van der Waals surface area contributed by atoms with Crippen molar-refractivity contribution in [3.63, 3.8) is 0 Å². The summed E-state index contributed by atoms with van der Waals surface area (Å²) in [5.41, 5.74) is -0.172. The van der Waals surface area contributed by atoms with Gasteiger partial charge in [-0.25, -0.2) is 14.5 Å². The molecule has 0 saturated heterocycles. The maximum atomic E-state index is 11.6. The van der Waals surface area contributed by atoms with Crippen molar-refractivity contribution in [1.29, 1.82) is 0 Å². The number of methoxy groups -OCH3 is 1. The Bertz CT molecular complexity index is 685. The third-order valence-corrected chi connectivity index (χ3v) is 4.29. The minimum Gasteiger partial charge on any atom is -0.465 e. The van der Waals surface area contributed by atoms with Crippen molar-refractivity contribution in [2.75, 3.05) is 7.11 Å². The Morgan fingerprint density at radius 2 is 2.32 bits per heavy atom. The van der Waals surface area contributed by atoms with E-state index in [-0.39, 0.29) is 12.5 Å². The number of carbonyl (C=O) groups is 1. The first-order valence-electron chi connectivity index (χ1n) is 6.97. The Morgan fingerprint density at radius 3 is 2.86 bits per heavy atom. The highest BCUT2D eigenvalue weighted by Gasteiger charge is 2.46. The topological polar surface area (TPSA) is 77.2 Å². The molecule has 1 fully saturated rings. The SMILES string of the molecule is COC(=O)c1ccc(C(O)(Cn2cncn2)C2CC2)c(Cl)c1. The third-order valence-electron chi connectivity index (χ3n) is 3.98. The number of carbonyl (C=O) groups excluding carboxylic acids is 1. The van der Waals surface area contributed by atoms with Crippen molar-refractivity contribution in [2.24, 2.45) is 5.92 Å². The van der Waals surface area contributed by atoms with Gasteiger partial charge >= 0.3 is 5.97 Å². The lowest BCUT2D eigenvalue weighted by molar-refractivity contribution is -0.00770. The van der Waals surface area contributed by atoms with Crippen LogP contribution in [0.4, 0.5) is 0 Å². The molecule has 1 atom stereocenters. The van der Waals surface area contributed by atoms with E-state index < -0.39 is 11.6 Å².